The van der Waals surface area contributed by atoms with Gasteiger partial charge in [-0.05, 0) is 47.8 Å². The molecule has 0 spiro atoms. The van der Waals surface area contributed by atoms with E-state index in [0.717, 1.165) is 16.3 Å². The first-order chi connectivity index (χ1) is 14.1. The van der Waals surface area contributed by atoms with Crippen LogP contribution in [-0.4, -0.2) is 20.1 Å². The summed E-state index contributed by atoms with van der Waals surface area (Å²) in [6.07, 6.45) is -4.59. The lowest BCUT2D eigenvalue weighted by atomic mass is 10.2. The lowest BCUT2D eigenvalue weighted by Crippen LogP contribution is -2.16. The maximum Gasteiger partial charge on any atom is 0.416 e. The standard InChI is InChI=1S/C19H15F3N2O3S3/c20-19(21,22)13-4-1-6-15(10-13)24-30(26,27)16-7-2-5-14(11-16)23-17(25)12-29-18-8-3-9-28-18/h1-11,24H,12H2,(H,23,25). The lowest BCUT2D eigenvalue weighted by Gasteiger charge is -2.12. The second kappa shape index (κ2) is 9.11. The molecule has 0 radical (unpaired) electrons. The Labute approximate surface area is 179 Å². The van der Waals surface area contributed by atoms with Gasteiger partial charge in [0.05, 0.1) is 20.4 Å². The Morgan fingerprint density at radius 1 is 1.00 bits per heavy atom. The van der Waals surface area contributed by atoms with Crippen molar-refractivity contribution in [2.45, 2.75) is 15.3 Å². The molecule has 3 rings (SSSR count). The second-order valence-electron chi connectivity index (χ2n) is 5.98. The van der Waals surface area contributed by atoms with E-state index >= 15 is 0 Å². The minimum absolute atomic E-state index is 0.153. The van der Waals surface area contributed by atoms with Crippen molar-refractivity contribution >= 4 is 50.4 Å². The van der Waals surface area contributed by atoms with Crippen molar-refractivity contribution < 1.29 is 26.4 Å². The Morgan fingerprint density at radius 2 is 1.73 bits per heavy atom. The van der Waals surface area contributed by atoms with Crippen molar-refractivity contribution in [1.29, 1.82) is 0 Å². The first-order valence-corrected chi connectivity index (χ1v) is 11.7. The summed E-state index contributed by atoms with van der Waals surface area (Å²) in [6, 6.07) is 13.1. The summed E-state index contributed by atoms with van der Waals surface area (Å²) >= 11 is 2.86. The number of carbonyl (C=O) groups is 1. The maximum atomic E-state index is 12.8. The molecule has 3 aromatic rings. The molecule has 0 saturated carbocycles. The van der Waals surface area contributed by atoms with Gasteiger partial charge in [-0.1, -0.05) is 18.2 Å². The van der Waals surface area contributed by atoms with Gasteiger partial charge in [0, 0.05) is 11.4 Å². The zero-order chi connectivity index (χ0) is 21.8. The van der Waals surface area contributed by atoms with E-state index in [2.05, 4.69) is 10.0 Å². The summed E-state index contributed by atoms with van der Waals surface area (Å²) in [5, 5.41) is 4.51. The highest BCUT2D eigenvalue weighted by Gasteiger charge is 2.30. The van der Waals surface area contributed by atoms with Crippen LogP contribution in [0.5, 0.6) is 0 Å². The summed E-state index contributed by atoms with van der Waals surface area (Å²) in [6.45, 7) is 0. The predicted octanol–water partition coefficient (Wildman–Crippen LogP) is 5.30. The summed E-state index contributed by atoms with van der Waals surface area (Å²) < 4.78 is 66.8. The van der Waals surface area contributed by atoms with E-state index in [4.69, 9.17) is 0 Å². The van der Waals surface area contributed by atoms with E-state index < -0.39 is 21.8 Å². The van der Waals surface area contributed by atoms with E-state index in [1.807, 2.05) is 17.5 Å². The molecule has 2 N–H and O–H groups in total. The van der Waals surface area contributed by atoms with Gasteiger partial charge < -0.3 is 5.32 Å². The number of carbonyl (C=O) groups excluding carboxylic acids is 1. The van der Waals surface area contributed by atoms with Crippen LogP contribution >= 0.6 is 23.1 Å². The fourth-order valence-corrected chi connectivity index (χ4v) is 5.07. The van der Waals surface area contributed by atoms with Gasteiger partial charge in [-0.2, -0.15) is 13.2 Å². The monoisotopic (exact) mass is 472 g/mol. The molecule has 11 heteroatoms. The van der Waals surface area contributed by atoms with E-state index in [-0.39, 0.29) is 27.9 Å². The number of alkyl halides is 3. The normalized spacial score (nSPS) is 11.8. The van der Waals surface area contributed by atoms with Crippen LogP contribution in [0.15, 0.2) is 75.1 Å². The van der Waals surface area contributed by atoms with Gasteiger partial charge in [-0.25, -0.2) is 8.42 Å². The van der Waals surface area contributed by atoms with Gasteiger partial charge in [0.25, 0.3) is 10.0 Å². The van der Waals surface area contributed by atoms with E-state index in [1.165, 1.54) is 53.4 Å². The molecule has 1 aromatic heterocycles. The fraction of sp³-hybridized carbons (Fsp3) is 0.105. The number of thioether (sulfide) groups is 1. The average molecular weight is 473 g/mol. The van der Waals surface area contributed by atoms with Gasteiger partial charge >= 0.3 is 6.18 Å². The maximum absolute atomic E-state index is 12.8. The number of rotatable bonds is 7. The number of nitrogens with one attached hydrogen (secondary N) is 2. The van der Waals surface area contributed by atoms with Gasteiger partial charge in [0.15, 0.2) is 0 Å². The molecule has 1 amide bonds. The summed E-state index contributed by atoms with van der Waals surface area (Å²) in [7, 11) is -4.15. The molecular formula is C19H15F3N2O3S3. The minimum atomic E-state index is -4.59. The SMILES string of the molecule is O=C(CSc1cccs1)Nc1cccc(S(=O)(=O)Nc2cccc(C(F)(F)F)c2)c1. The molecule has 0 bridgehead atoms. The van der Waals surface area contributed by atoms with Crippen LogP contribution in [0.4, 0.5) is 24.5 Å². The Morgan fingerprint density at radius 3 is 2.43 bits per heavy atom. The molecule has 1 heterocycles. The van der Waals surface area contributed by atoms with Gasteiger partial charge in [0.1, 0.15) is 0 Å². The van der Waals surface area contributed by atoms with Crippen LogP contribution in [0.2, 0.25) is 0 Å². The van der Waals surface area contributed by atoms with Crippen LogP contribution in [-0.2, 0) is 21.0 Å². The number of hydrogen-bond donors (Lipinski definition) is 2. The molecule has 0 aliphatic rings. The lowest BCUT2D eigenvalue weighted by molar-refractivity contribution is -0.137. The molecule has 0 saturated heterocycles. The molecule has 158 valence electrons. The molecule has 2 aromatic carbocycles. The zero-order valence-electron chi connectivity index (χ0n) is 15.1. The first kappa shape index (κ1) is 22.2. The smallest absolute Gasteiger partial charge is 0.325 e. The molecule has 0 aliphatic carbocycles. The molecule has 0 atom stereocenters. The highest BCUT2D eigenvalue weighted by atomic mass is 32.2. The summed E-state index contributed by atoms with van der Waals surface area (Å²) in [5.74, 6) is -0.159. The van der Waals surface area contributed by atoms with Crippen molar-refractivity contribution in [2.75, 3.05) is 15.8 Å². The number of sulfonamides is 1. The number of amides is 1. The Bertz CT molecular complexity index is 1130. The number of hydrogen-bond acceptors (Lipinski definition) is 5. The number of thiophene rings is 1. The summed E-state index contributed by atoms with van der Waals surface area (Å²) in [4.78, 5) is 11.9. The third-order valence-corrected chi connectivity index (χ3v) is 7.22. The zero-order valence-corrected chi connectivity index (χ0v) is 17.6. The summed E-state index contributed by atoms with van der Waals surface area (Å²) in [5.41, 5.74) is -0.919. The highest BCUT2D eigenvalue weighted by molar-refractivity contribution is 8.01. The molecule has 0 unspecified atom stereocenters. The minimum Gasteiger partial charge on any atom is -0.325 e. The largest absolute Gasteiger partial charge is 0.416 e. The van der Waals surface area contributed by atoms with Crippen LogP contribution in [0.25, 0.3) is 0 Å². The Kier molecular flexibility index (Phi) is 6.74. The van der Waals surface area contributed by atoms with Crippen LogP contribution < -0.4 is 10.0 Å². The number of anilines is 2. The van der Waals surface area contributed by atoms with E-state index in [9.17, 15) is 26.4 Å². The van der Waals surface area contributed by atoms with Crippen molar-refractivity contribution in [3.05, 3.63) is 71.6 Å². The number of halogens is 3. The average Bonchev–Trinajstić information content (AvgIpc) is 3.19. The van der Waals surface area contributed by atoms with Crippen molar-refractivity contribution in [3.63, 3.8) is 0 Å². The van der Waals surface area contributed by atoms with E-state index in [0.29, 0.717) is 6.07 Å². The van der Waals surface area contributed by atoms with Crippen molar-refractivity contribution in [2.24, 2.45) is 0 Å². The second-order valence-corrected chi connectivity index (χ2v) is 9.89. The van der Waals surface area contributed by atoms with Crippen LogP contribution in [0.1, 0.15) is 5.56 Å². The third kappa shape index (κ3) is 6.00. The third-order valence-electron chi connectivity index (χ3n) is 3.71. The van der Waals surface area contributed by atoms with Gasteiger partial charge in [-0.3, -0.25) is 9.52 Å². The molecular weight excluding hydrogens is 457 g/mol. The Balaban J connectivity index is 1.70. The molecule has 30 heavy (non-hydrogen) atoms. The van der Waals surface area contributed by atoms with E-state index in [1.54, 1.807) is 0 Å². The Hall–Kier alpha value is -2.50. The van der Waals surface area contributed by atoms with Crippen molar-refractivity contribution in [3.8, 4) is 0 Å². The van der Waals surface area contributed by atoms with Gasteiger partial charge in [0.2, 0.25) is 5.91 Å². The molecule has 0 fully saturated rings. The quantitative estimate of drug-likeness (QED) is 0.458. The van der Waals surface area contributed by atoms with Crippen LogP contribution in [0.3, 0.4) is 0 Å². The predicted molar refractivity (Wildman–Crippen MR) is 112 cm³/mol. The first-order valence-electron chi connectivity index (χ1n) is 8.40. The fourth-order valence-electron chi connectivity index (χ4n) is 2.39. The topological polar surface area (TPSA) is 75.3 Å². The van der Waals surface area contributed by atoms with Gasteiger partial charge in [-0.15, -0.1) is 23.1 Å². The molecule has 0 aliphatic heterocycles. The number of benzene rings is 2. The van der Waals surface area contributed by atoms with Crippen LogP contribution in [0, 0.1) is 0 Å². The van der Waals surface area contributed by atoms with Crippen molar-refractivity contribution in [1.82, 2.24) is 0 Å². The molecule has 5 nitrogen and oxygen atoms in total. The highest BCUT2D eigenvalue weighted by Crippen LogP contribution is 2.31.